The zero-order valence-corrected chi connectivity index (χ0v) is 8.47. The number of rotatable bonds is 0. The smallest absolute Gasteiger partial charge is 0.407 e. The van der Waals surface area contributed by atoms with E-state index in [1.165, 1.54) is 4.90 Å². The monoisotopic (exact) mass is 209 g/mol. The number of hydrogen-bond acceptors (Lipinski definition) is 3. The fourth-order valence-electron chi connectivity index (χ4n) is 1.17. The van der Waals surface area contributed by atoms with Crippen molar-refractivity contribution in [1.82, 2.24) is 15.2 Å². The Hall–Kier alpha value is -1.62. The Morgan fingerprint density at radius 1 is 1.20 bits per heavy atom. The fraction of sp³-hybridized carbons (Fsp3) is 0.400. The number of piperazine rings is 1. The van der Waals surface area contributed by atoms with Crippen molar-refractivity contribution in [3.63, 3.8) is 0 Å². The fourth-order valence-corrected chi connectivity index (χ4v) is 1.17. The molecule has 0 spiro atoms. The molecule has 0 aromatic carbocycles. The second-order valence-corrected chi connectivity index (χ2v) is 3.04. The van der Waals surface area contributed by atoms with Crippen molar-refractivity contribution in [2.75, 3.05) is 26.2 Å². The van der Waals surface area contributed by atoms with Crippen LogP contribution in [0.3, 0.4) is 0 Å². The molecule has 15 heavy (non-hydrogen) atoms. The summed E-state index contributed by atoms with van der Waals surface area (Å²) < 4.78 is 0. The van der Waals surface area contributed by atoms with Gasteiger partial charge in [-0.15, -0.1) is 0 Å². The van der Waals surface area contributed by atoms with Crippen LogP contribution in [-0.2, 0) is 0 Å². The molecule has 0 bridgehead atoms. The molecule has 82 valence electrons. The highest BCUT2D eigenvalue weighted by atomic mass is 16.4. The summed E-state index contributed by atoms with van der Waals surface area (Å²) in [5.41, 5.74) is 0. The molecule has 2 heterocycles. The van der Waals surface area contributed by atoms with E-state index in [0.717, 1.165) is 13.1 Å². The van der Waals surface area contributed by atoms with Crippen molar-refractivity contribution in [1.29, 1.82) is 0 Å². The maximum absolute atomic E-state index is 10.3. The van der Waals surface area contributed by atoms with E-state index in [1.54, 1.807) is 12.4 Å². The van der Waals surface area contributed by atoms with E-state index < -0.39 is 6.09 Å². The van der Waals surface area contributed by atoms with Gasteiger partial charge in [-0.25, -0.2) is 4.79 Å². The van der Waals surface area contributed by atoms with Gasteiger partial charge in [0.1, 0.15) is 0 Å². The van der Waals surface area contributed by atoms with Crippen LogP contribution in [-0.4, -0.2) is 47.3 Å². The second kappa shape index (κ2) is 6.78. The van der Waals surface area contributed by atoms with Crippen LogP contribution in [0.5, 0.6) is 0 Å². The molecule has 1 saturated heterocycles. The first-order valence-electron chi connectivity index (χ1n) is 4.84. The normalized spacial score (nSPS) is 15.1. The quantitative estimate of drug-likeness (QED) is 0.658. The highest BCUT2D eigenvalue weighted by Crippen LogP contribution is 1.90. The number of nitrogens with one attached hydrogen (secondary N) is 1. The zero-order chi connectivity index (χ0) is 10.9. The largest absolute Gasteiger partial charge is 0.465 e. The van der Waals surface area contributed by atoms with Gasteiger partial charge >= 0.3 is 6.09 Å². The third-order valence-corrected chi connectivity index (χ3v) is 1.95. The summed E-state index contributed by atoms with van der Waals surface area (Å²) >= 11 is 0. The van der Waals surface area contributed by atoms with Crippen molar-refractivity contribution in [3.05, 3.63) is 30.6 Å². The van der Waals surface area contributed by atoms with E-state index in [9.17, 15) is 4.79 Å². The average molecular weight is 209 g/mol. The van der Waals surface area contributed by atoms with Crippen LogP contribution in [0.15, 0.2) is 30.6 Å². The van der Waals surface area contributed by atoms with Crippen molar-refractivity contribution < 1.29 is 9.90 Å². The van der Waals surface area contributed by atoms with Gasteiger partial charge in [-0.05, 0) is 12.1 Å². The first-order valence-corrected chi connectivity index (χ1v) is 4.84. The lowest BCUT2D eigenvalue weighted by Gasteiger charge is -2.23. The molecule has 0 atom stereocenters. The van der Waals surface area contributed by atoms with E-state index in [0.29, 0.717) is 13.1 Å². The van der Waals surface area contributed by atoms with E-state index >= 15 is 0 Å². The van der Waals surface area contributed by atoms with E-state index in [2.05, 4.69) is 10.3 Å². The average Bonchev–Trinajstić information content (AvgIpc) is 2.33. The van der Waals surface area contributed by atoms with Crippen LogP contribution in [0, 0.1) is 0 Å². The third-order valence-electron chi connectivity index (χ3n) is 1.95. The summed E-state index contributed by atoms with van der Waals surface area (Å²) in [5, 5.41) is 11.5. The molecule has 5 nitrogen and oxygen atoms in total. The molecular weight excluding hydrogens is 194 g/mol. The standard InChI is InChI=1S/C5H10N2O2.C5H5N/c8-5(9)7-3-1-6-2-4-7;1-2-4-6-5-3-1/h6H,1-4H2,(H,8,9);1-5H. The molecule has 1 aromatic heterocycles. The number of hydrogen-bond donors (Lipinski definition) is 2. The minimum absolute atomic E-state index is 0.620. The Balaban J connectivity index is 0.000000162. The van der Waals surface area contributed by atoms with Crippen LogP contribution in [0.1, 0.15) is 0 Å². The molecule has 1 aliphatic heterocycles. The Kier molecular flexibility index (Phi) is 5.18. The van der Waals surface area contributed by atoms with Gasteiger partial charge < -0.3 is 15.3 Å². The maximum atomic E-state index is 10.3. The zero-order valence-electron chi connectivity index (χ0n) is 8.47. The lowest BCUT2D eigenvalue weighted by atomic mass is 10.4. The van der Waals surface area contributed by atoms with Gasteiger partial charge in [-0.3, -0.25) is 4.98 Å². The van der Waals surface area contributed by atoms with Crippen molar-refractivity contribution in [2.45, 2.75) is 0 Å². The Labute approximate surface area is 88.7 Å². The van der Waals surface area contributed by atoms with Crippen LogP contribution >= 0.6 is 0 Å². The van der Waals surface area contributed by atoms with Crippen LogP contribution < -0.4 is 5.32 Å². The first-order chi connectivity index (χ1) is 7.30. The Morgan fingerprint density at radius 2 is 1.80 bits per heavy atom. The van der Waals surface area contributed by atoms with Crippen molar-refractivity contribution in [3.8, 4) is 0 Å². The van der Waals surface area contributed by atoms with Gasteiger partial charge in [-0.2, -0.15) is 0 Å². The number of aromatic nitrogens is 1. The summed E-state index contributed by atoms with van der Waals surface area (Å²) in [4.78, 5) is 15.5. The molecule has 0 aliphatic carbocycles. The van der Waals surface area contributed by atoms with E-state index in [4.69, 9.17) is 5.11 Å². The molecule has 1 amide bonds. The van der Waals surface area contributed by atoms with Gasteiger partial charge in [0.05, 0.1) is 0 Å². The van der Waals surface area contributed by atoms with Crippen LogP contribution in [0.2, 0.25) is 0 Å². The highest BCUT2D eigenvalue weighted by molar-refractivity contribution is 5.65. The predicted octanol–water partition coefficient (Wildman–Crippen LogP) is 0.651. The van der Waals surface area contributed by atoms with Gasteiger partial charge in [0.15, 0.2) is 0 Å². The summed E-state index contributed by atoms with van der Waals surface area (Å²) in [7, 11) is 0. The lowest BCUT2D eigenvalue weighted by Crippen LogP contribution is -2.45. The molecule has 1 aliphatic rings. The van der Waals surface area contributed by atoms with Crippen molar-refractivity contribution in [2.24, 2.45) is 0 Å². The van der Waals surface area contributed by atoms with Gasteiger partial charge in [0, 0.05) is 38.6 Å². The van der Waals surface area contributed by atoms with Gasteiger partial charge in [0.25, 0.3) is 0 Å². The lowest BCUT2D eigenvalue weighted by molar-refractivity contribution is 0.139. The molecular formula is C10H15N3O2. The number of carbonyl (C=O) groups is 1. The second-order valence-electron chi connectivity index (χ2n) is 3.04. The predicted molar refractivity (Wildman–Crippen MR) is 56.7 cm³/mol. The number of nitrogens with zero attached hydrogens (tertiary/aromatic N) is 2. The molecule has 2 rings (SSSR count). The summed E-state index contributed by atoms with van der Waals surface area (Å²) in [5.74, 6) is 0. The Morgan fingerprint density at radius 3 is 2.07 bits per heavy atom. The molecule has 5 heteroatoms. The van der Waals surface area contributed by atoms with Crippen LogP contribution in [0.4, 0.5) is 4.79 Å². The summed E-state index contributed by atoms with van der Waals surface area (Å²) in [6.07, 6.45) is 2.69. The van der Waals surface area contributed by atoms with Crippen molar-refractivity contribution >= 4 is 6.09 Å². The molecule has 1 fully saturated rings. The number of carboxylic acid groups (broad SMARTS) is 1. The van der Waals surface area contributed by atoms with Crippen LogP contribution in [0.25, 0.3) is 0 Å². The van der Waals surface area contributed by atoms with Gasteiger partial charge in [-0.1, -0.05) is 6.07 Å². The molecule has 0 saturated carbocycles. The van der Waals surface area contributed by atoms with E-state index in [1.807, 2.05) is 18.2 Å². The van der Waals surface area contributed by atoms with E-state index in [-0.39, 0.29) is 0 Å². The first kappa shape index (κ1) is 11.5. The Bertz CT molecular complexity index is 247. The topological polar surface area (TPSA) is 65.5 Å². The number of amides is 1. The molecule has 0 unspecified atom stereocenters. The molecule has 2 N–H and O–H groups in total. The third kappa shape index (κ3) is 4.97. The molecule has 0 radical (unpaired) electrons. The maximum Gasteiger partial charge on any atom is 0.407 e. The number of pyridine rings is 1. The summed E-state index contributed by atoms with van der Waals surface area (Å²) in [6.45, 7) is 2.81. The minimum Gasteiger partial charge on any atom is -0.465 e. The molecule has 1 aromatic rings. The summed E-state index contributed by atoms with van der Waals surface area (Å²) in [6, 6.07) is 5.72. The minimum atomic E-state index is -0.809. The van der Waals surface area contributed by atoms with Gasteiger partial charge in [0.2, 0.25) is 0 Å². The SMILES string of the molecule is O=C(O)N1CCNCC1.c1ccncc1. The highest BCUT2D eigenvalue weighted by Gasteiger charge is 2.13.